The second kappa shape index (κ2) is 11.4. The predicted octanol–water partition coefficient (Wildman–Crippen LogP) is 1.62. The molecule has 21 heavy (non-hydrogen) atoms. The summed E-state index contributed by atoms with van der Waals surface area (Å²) in [6.07, 6.45) is 12.1. The van der Waals surface area contributed by atoms with Crippen LogP contribution in [0.2, 0.25) is 0 Å². The van der Waals surface area contributed by atoms with Crippen LogP contribution in [0.25, 0.3) is 0 Å². The first kappa shape index (κ1) is 17.2. The maximum absolute atomic E-state index is 3.61. The third-order valence-electron chi connectivity index (χ3n) is 4.87. The van der Waals surface area contributed by atoms with Gasteiger partial charge in [0, 0.05) is 12.1 Å². The van der Waals surface area contributed by atoms with Crippen molar-refractivity contribution in [1.29, 1.82) is 0 Å². The maximum Gasteiger partial charge on any atom is 0.00791 e. The number of nitrogens with one attached hydrogen (secondary N) is 4. The molecule has 4 nitrogen and oxygen atoms in total. The highest BCUT2D eigenvalue weighted by Crippen LogP contribution is 2.09. The minimum absolute atomic E-state index is 0.771. The summed E-state index contributed by atoms with van der Waals surface area (Å²) in [5.74, 6) is 0. The fourth-order valence-corrected chi connectivity index (χ4v) is 3.48. The Balaban J connectivity index is 1.30. The van der Waals surface area contributed by atoms with Gasteiger partial charge >= 0.3 is 0 Å². The Bertz CT molecular complexity index is 211. The van der Waals surface area contributed by atoms with E-state index in [0.29, 0.717) is 0 Å². The highest BCUT2D eigenvalue weighted by atomic mass is 14.9. The molecular weight excluding hydrogens is 260 g/mol. The lowest BCUT2D eigenvalue weighted by molar-refractivity contribution is 0.372. The lowest BCUT2D eigenvalue weighted by Gasteiger charge is -2.23. The molecule has 2 aliphatic heterocycles. The van der Waals surface area contributed by atoms with Crippen molar-refractivity contribution in [3.63, 3.8) is 0 Å². The average molecular weight is 297 g/mol. The van der Waals surface area contributed by atoms with Crippen molar-refractivity contribution < 1.29 is 0 Å². The maximum atomic E-state index is 3.61. The average Bonchev–Trinajstić information content (AvgIpc) is 2.55. The molecule has 0 amide bonds. The van der Waals surface area contributed by atoms with Gasteiger partial charge in [-0.15, -0.1) is 0 Å². The van der Waals surface area contributed by atoms with Crippen molar-refractivity contribution in [2.75, 3.05) is 39.3 Å². The van der Waals surface area contributed by atoms with E-state index < -0.39 is 0 Å². The van der Waals surface area contributed by atoms with Crippen LogP contribution in [0.4, 0.5) is 0 Å². The van der Waals surface area contributed by atoms with Crippen molar-refractivity contribution >= 4 is 0 Å². The monoisotopic (exact) mass is 296 g/mol. The summed E-state index contributed by atoms with van der Waals surface area (Å²) in [6, 6.07) is 1.54. The van der Waals surface area contributed by atoms with Crippen molar-refractivity contribution in [2.45, 2.75) is 69.9 Å². The van der Waals surface area contributed by atoms with E-state index >= 15 is 0 Å². The summed E-state index contributed by atoms with van der Waals surface area (Å²) < 4.78 is 0. The fraction of sp³-hybridized carbons (Fsp3) is 1.00. The van der Waals surface area contributed by atoms with Gasteiger partial charge in [-0.1, -0.05) is 12.8 Å². The van der Waals surface area contributed by atoms with Gasteiger partial charge in [0.2, 0.25) is 0 Å². The number of rotatable bonds is 10. The molecule has 2 aliphatic rings. The Morgan fingerprint density at radius 2 is 1.19 bits per heavy atom. The van der Waals surface area contributed by atoms with Crippen LogP contribution >= 0.6 is 0 Å². The minimum Gasteiger partial charge on any atom is -0.317 e. The van der Waals surface area contributed by atoms with Crippen LogP contribution in [-0.2, 0) is 0 Å². The third kappa shape index (κ3) is 8.15. The summed E-state index contributed by atoms with van der Waals surface area (Å²) in [6.45, 7) is 7.10. The molecule has 2 fully saturated rings. The zero-order valence-corrected chi connectivity index (χ0v) is 13.8. The van der Waals surface area contributed by atoms with E-state index in [0.717, 1.165) is 25.2 Å². The van der Waals surface area contributed by atoms with Gasteiger partial charge in [0.05, 0.1) is 0 Å². The summed E-state index contributed by atoms with van der Waals surface area (Å²) in [7, 11) is 0. The first-order valence-electron chi connectivity index (χ1n) is 9.33. The van der Waals surface area contributed by atoms with Gasteiger partial charge in [-0.2, -0.15) is 0 Å². The highest BCUT2D eigenvalue weighted by Gasteiger charge is 2.12. The van der Waals surface area contributed by atoms with E-state index in [1.807, 2.05) is 0 Å². The Morgan fingerprint density at radius 1 is 0.667 bits per heavy atom. The number of piperidine rings is 2. The molecule has 2 atom stereocenters. The molecule has 2 saturated heterocycles. The second-order valence-electron chi connectivity index (χ2n) is 6.72. The largest absolute Gasteiger partial charge is 0.317 e. The van der Waals surface area contributed by atoms with Crippen LogP contribution in [0, 0.1) is 0 Å². The van der Waals surface area contributed by atoms with E-state index in [4.69, 9.17) is 0 Å². The molecular formula is C17H36N4. The van der Waals surface area contributed by atoms with Gasteiger partial charge in [0.25, 0.3) is 0 Å². The SMILES string of the molecule is C(CNCCC1CCCCN1)CNCCC1CCCCN1. The third-order valence-corrected chi connectivity index (χ3v) is 4.87. The number of hydrogen-bond donors (Lipinski definition) is 4. The Labute approximate surface area is 131 Å². The molecule has 2 heterocycles. The lowest BCUT2D eigenvalue weighted by Crippen LogP contribution is -2.37. The Morgan fingerprint density at radius 3 is 1.62 bits per heavy atom. The Hall–Kier alpha value is -0.160. The van der Waals surface area contributed by atoms with E-state index in [1.165, 1.54) is 84.0 Å². The molecule has 0 aromatic heterocycles. The molecule has 2 unspecified atom stereocenters. The number of hydrogen-bond acceptors (Lipinski definition) is 4. The molecule has 0 saturated carbocycles. The molecule has 0 radical (unpaired) electrons. The van der Waals surface area contributed by atoms with Gasteiger partial charge in [0.15, 0.2) is 0 Å². The smallest absolute Gasteiger partial charge is 0.00791 e. The summed E-state index contributed by atoms with van der Waals surface area (Å²) in [5, 5.41) is 14.4. The van der Waals surface area contributed by atoms with Crippen LogP contribution in [0.1, 0.15) is 57.8 Å². The molecule has 124 valence electrons. The van der Waals surface area contributed by atoms with Gasteiger partial charge < -0.3 is 21.3 Å². The first-order valence-corrected chi connectivity index (χ1v) is 9.33. The zero-order chi connectivity index (χ0) is 14.6. The van der Waals surface area contributed by atoms with Crippen molar-refractivity contribution in [3.05, 3.63) is 0 Å². The topological polar surface area (TPSA) is 48.1 Å². The zero-order valence-electron chi connectivity index (χ0n) is 13.8. The van der Waals surface area contributed by atoms with Gasteiger partial charge in [-0.25, -0.2) is 0 Å². The van der Waals surface area contributed by atoms with Crippen LogP contribution in [0.5, 0.6) is 0 Å². The Kier molecular flexibility index (Phi) is 9.35. The summed E-state index contributed by atoms with van der Waals surface area (Å²) >= 11 is 0. The van der Waals surface area contributed by atoms with Crippen LogP contribution in [-0.4, -0.2) is 51.4 Å². The molecule has 4 N–H and O–H groups in total. The van der Waals surface area contributed by atoms with Crippen molar-refractivity contribution in [2.24, 2.45) is 0 Å². The van der Waals surface area contributed by atoms with Crippen LogP contribution in [0.3, 0.4) is 0 Å². The van der Waals surface area contributed by atoms with Gasteiger partial charge in [-0.3, -0.25) is 0 Å². The molecule has 0 aromatic rings. The highest BCUT2D eigenvalue weighted by molar-refractivity contribution is 4.73. The quantitative estimate of drug-likeness (QED) is 0.463. The minimum atomic E-state index is 0.771. The lowest BCUT2D eigenvalue weighted by atomic mass is 10.0. The van der Waals surface area contributed by atoms with E-state index in [1.54, 1.807) is 0 Å². The molecule has 0 bridgehead atoms. The van der Waals surface area contributed by atoms with Gasteiger partial charge in [0.1, 0.15) is 0 Å². The summed E-state index contributed by atoms with van der Waals surface area (Å²) in [4.78, 5) is 0. The standard InChI is InChI=1S/C17H36N4/c1-3-12-20-16(6-1)8-14-18-10-5-11-19-15-9-17-7-2-4-13-21-17/h16-21H,1-15H2. The van der Waals surface area contributed by atoms with Crippen LogP contribution in [0.15, 0.2) is 0 Å². The molecule has 0 spiro atoms. The van der Waals surface area contributed by atoms with E-state index in [2.05, 4.69) is 21.3 Å². The molecule has 2 rings (SSSR count). The first-order chi connectivity index (χ1) is 10.4. The predicted molar refractivity (Wildman–Crippen MR) is 90.9 cm³/mol. The van der Waals surface area contributed by atoms with E-state index in [9.17, 15) is 0 Å². The van der Waals surface area contributed by atoms with Gasteiger partial charge in [-0.05, 0) is 84.2 Å². The molecule has 0 aromatic carbocycles. The van der Waals surface area contributed by atoms with E-state index in [-0.39, 0.29) is 0 Å². The van der Waals surface area contributed by atoms with Crippen molar-refractivity contribution in [3.8, 4) is 0 Å². The van der Waals surface area contributed by atoms with Crippen LogP contribution < -0.4 is 21.3 Å². The van der Waals surface area contributed by atoms with Crippen molar-refractivity contribution in [1.82, 2.24) is 21.3 Å². The molecule has 4 heteroatoms. The second-order valence-corrected chi connectivity index (χ2v) is 6.72. The fourth-order valence-electron chi connectivity index (χ4n) is 3.48. The summed E-state index contributed by atoms with van der Waals surface area (Å²) in [5.41, 5.74) is 0. The molecule has 0 aliphatic carbocycles. The normalized spacial score (nSPS) is 26.9.